The zero-order valence-electron chi connectivity index (χ0n) is 13.9. The lowest BCUT2D eigenvalue weighted by molar-refractivity contribution is -0.686. The van der Waals surface area contributed by atoms with Crippen LogP contribution < -0.4 is 9.88 Å². The van der Waals surface area contributed by atoms with Gasteiger partial charge < -0.3 is 5.32 Å². The number of hydrogen-bond acceptors (Lipinski definition) is 2. The summed E-state index contributed by atoms with van der Waals surface area (Å²) in [5.41, 5.74) is 0.787. The third-order valence-corrected chi connectivity index (χ3v) is 3.92. The molecule has 0 aliphatic carbocycles. The van der Waals surface area contributed by atoms with Gasteiger partial charge in [0.25, 0.3) is 12.2 Å². The molecule has 0 bridgehead atoms. The molecule has 0 spiro atoms. The van der Waals surface area contributed by atoms with E-state index >= 15 is 0 Å². The molecule has 1 amide bonds. The zero-order valence-corrected chi connectivity index (χ0v) is 14.6. The molecule has 0 saturated carbocycles. The standard InChI is InChI=1S/C19H13ClF3N3O/c20-15-5-1-3-13(9-15)17-7-8-26(12-24-17)11-18(27)25-16-6-2-4-14(10-16)19(21,22)23/h1-10,12H,11H2/p+1. The average molecular weight is 393 g/mol. The number of rotatable bonds is 4. The predicted molar refractivity (Wildman–Crippen MR) is 95.0 cm³/mol. The van der Waals surface area contributed by atoms with Crippen LogP contribution in [0.1, 0.15) is 5.56 Å². The number of carbonyl (C=O) groups excluding carboxylic acids is 1. The molecule has 8 heteroatoms. The molecule has 0 saturated heterocycles. The first kappa shape index (κ1) is 18.8. The second-order valence-electron chi connectivity index (χ2n) is 5.75. The predicted octanol–water partition coefficient (Wildman–Crippen LogP) is 4.35. The van der Waals surface area contributed by atoms with Gasteiger partial charge in [0.05, 0.1) is 11.8 Å². The van der Waals surface area contributed by atoms with E-state index in [0.717, 1.165) is 17.7 Å². The summed E-state index contributed by atoms with van der Waals surface area (Å²) in [5.74, 6) is -0.461. The molecule has 27 heavy (non-hydrogen) atoms. The van der Waals surface area contributed by atoms with Gasteiger partial charge >= 0.3 is 6.18 Å². The van der Waals surface area contributed by atoms with Crippen molar-refractivity contribution < 1.29 is 22.5 Å². The first-order chi connectivity index (χ1) is 12.8. The molecule has 3 aromatic rings. The van der Waals surface area contributed by atoms with Crippen molar-refractivity contribution in [3.05, 3.63) is 77.7 Å². The Hall–Kier alpha value is -2.93. The monoisotopic (exact) mass is 392 g/mol. The number of nitrogens with one attached hydrogen (secondary N) is 1. The van der Waals surface area contributed by atoms with Crippen LogP contribution in [-0.2, 0) is 17.5 Å². The molecule has 0 atom stereocenters. The van der Waals surface area contributed by atoms with Gasteiger partial charge in [-0.1, -0.05) is 29.8 Å². The van der Waals surface area contributed by atoms with Crippen LogP contribution in [0.25, 0.3) is 11.3 Å². The third kappa shape index (κ3) is 5.04. The van der Waals surface area contributed by atoms with E-state index in [1.54, 1.807) is 24.4 Å². The molecule has 0 radical (unpaired) electrons. The van der Waals surface area contributed by atoms with Gasteiger partial charge in [-0.25, -0.2) is 4.57 Å². The topological polar surface area (TPSA) is 45.9 Å². The van der Waals surface area contributed by atoms with Crippen molar-refractivity contribution in [3.8, 4) is 11.3 Å². The highest BCUT2D eigenvalue weighted by atomic mass is 35.5. The number of benzene rings is 2. The molecule has 4 nitrogen and oxygen atoms in total. The maximum Gasteiger partial charge on any atom is 0.416 e. The normalized spacial score (nSPS) is 11.3. The van der Waals surface area contributed by atoms with Crippen molar-refractivity contribution >= 4 is 23.2 Å². The van der Waals surface area contributed by atoms with E-state index < -0.39 is 17.6 Å². The number of halogens is 4. The molecule has 0 unspecified atom stereocenters. The van der Waals surface area contributed by atoms with Gasteiger partial charge in [0.15, 0.2) is 12.2 Å². The summed E-state index contributed by atoms with van der Waals surface area (Å²) in [6, 6.07) is 13.4. The van der Waals surface area contributed by atoms with Crippen molar-refractivity contribution in [3.63, 3.8) is 0 Å². The smallest absolute Gasteiger partial charge is 0.323 e. The molecular formula is C19H14ClF3N3O+. The van der Waals surface area contributed by atoms with E-state index in [0.29, 0.717) is 10.7 Å². The summed E-state index contributed by atoms with van der Waals surface area (Å²) >= 11 is 5.95. The van der Waals surface area contributed by atoms with Crippen LogP contribution in [0.2, 0.25) is 5.02 Å². The quantitative estimate of drug-likeness (QED) is 0.671. The summed E-state index contributed by atoms with van der Waals surface area (Å²) in [6.45, 7) is -0.0843. The fourth-order valence-corrected chi connectivity index (χ4v) is 2.63. The van der Waals surface area contributed by atoms with Crippen molar-refractivity contribution in [2.24, 2.45) is 0 Å². The molecule has 2 aromatic carbocycles. The van der Waals surface area contributed by atoms with Crippen LogP contribution in [0.3, 0.4) is 0 Å². The Labute approximate surface area is 158 Å². The summed E-state index contributed by atoms with van der Waals surface area (Å²) in [4.78, 5) is 16.4. The van der Waals surface area contributed by atoms with Gasteiger partial charge in [0.1, 0.15) is 0 Å². The van der Waals surface area contributed by atoms with Crippen molar-refractivity contribution in [2.45, 2.75) is 12.7 Å². The highest BCUT2D eigenvalue weighted by Gasteiger charge is 2.30. The van der Waals surface area contributed by atoms with Crippen LogP contribution in [-0.4, -0.2) is 10.9 Å². The Kier molecular flexibility index (Phi) is 5.41. The Morgan fingerprint density at radius 3 is 2.56 bits per heavy atom. The Balaban J connectivity index is 1.66. The molecule has 1 aromatic heterocycles. The lowest BCUT2D eigenvalue weighted by Crippen LogP contribution is -2.40. The second-order valence-corrected chi connectivity index (χ2v) is 6.19. The minimum Gasteiger partial charge on any atom is -0.323 e. The number of aromatic nitrogens is 2. The summed E-state index contributed by atoms with van der Waals surface area (Å²) in [5, 5.41) is 3.04. The summed E-state index contributed by atoms with van der Waals surface area (Å²) in [6.07, 6.45) is -1.33. The van der Waals surface area contributed by atoms with E-state index in [1.807, 2.05) is 12.1 Å². The van der Waals surface area contributed by atoms with Crippen LogP contribution in [0, 0.1) is 0 Å². The lowest BCUT2D eigenvalue weighted by atomic mass is 10.1. The van der Waals surface area contributed by atoms with E-state index in [-0.39, 0.29) is 12.2 Å². The van der Waals surface area contributed by atoms with E-state index in [4.69, 9.17) is 11.6 Å². The van der Waals surface area contributed by atoms with Crippen molar-refractivity contribution in [1.82, 2.24) is 4.98 Å². The molecule has 0 fully saturated rings. The van der Waals surface area contributed by atoms with Crippen LogP contribution in [0.15, 0.2) is 67.1 Å². The largest absolute Gasteiger partial charge is 0.416 e. The van der Waals surface area contributed by atoms with Crippen LogP contribution >= 0.6 is 11.6 Å². The Morgan fingerprint density at radius 2 is 1.89 bits per heavy atom. The van der Waals surface area contributed by atoms with Gasteiger partial charge in [-0.3, -0.25) is 4.79 Å². The number of alkyl halides is 3. The highest BCUT2D eigenvalue weighted by molar-refractivity contribution is 6.30. The Bertz CT molecular complexity index is 959. The number of hydrogen-bond donors (Lipinski definition) is 1. The SMILES string of the molecule is O=C(C[n+]1ccc(-c2cccc(Cl)c2)nc1)Nc1cccc(C(F)(F)F)c1. The van der Waals surface area contributed by atoms with Crippen molar-refractivity contribution in [2.75, 3.05) is 5.32 Å². The minimum absolute atomic E-state index is 0.0823. The minimum atomic E-state index is -4.46. The van der Waals surface area contributed by atoms with Crippen LogP contribution in [0.5, 0.6) is 0 Å². The second kappa shape index (κ2) is 7.75. The molecule has 138 valence electrons. The number of anilines is 1. The third-order valence-electron chi connectivity index (χ3n) is 3.69. The van der Waals surface area contributed by atoms with Crippen molar-refractivity contribution in [1.29, 1.82) is 0 Å². The molecular weight excluding hydrogens is 379 g/mol. The van der Waals surface area contributed by atoms with Gasteiger partial charge in [-0.05, 0) is 35.3 Å². The van der Waals surface area contributed by atoms with Gasteiger partial charge in [-0.2, -0.15) is 13.2 Å². The number of nitrogens with zero attached hydrogens (tertiary/aromatic N) is 2. The Morgan fingerprint density at radius 1 is 1.11 bits per heavy atom. The highest BCUT2D eigenvalue weighted by Crippen LogP contribution is 2.30. The molecule has 0 aliphatic heterocycles. The molecule has 1 heterocycles. The van der Waals surface area contributed by atoms with Gasteiger partial charge in [0, 0.05) is 22.3 Å². The molecule has 1 N–H and O–H groups in total. The van der Waals surface area contributed by atoms with E-state index in [1.165, 1.54) is 23.0 Å². The maximum atomic E-state index is 12.7. The number of carbonyl (C=O) groups is 1. The van der Waals surface area contributed by atoms with E-state index in [9.17, 15) is 18.0 Å². The molecule has 0 aliphatic rings. The fraction of sp³-hybridized carbons (Fsp3) is 0.105. The van der Waals surface area contributed by atoms with Crippen LogP contribution in [0.4, 0.5) is 18.9 Å². The molecule has 3 rings (SSSR count). The zero-order chi connectivity index (χ0) is 19.4. The first-order valence-corrected chi connectivity index (χ1v) is 8.27. The summed E-state index contributed by atoms with van der Waals surface area (Å²) in [7, 11) is 0. The van der Waals surface area contributed by atoms with Gasteiger partial charge in [0.2, 0.25) is 0 Å². The fourth-order valence-electron chi connectivity index (χ4n) is 2.44. The van der Waals surface area contributed by atoms with E-state index in [2.05, 4.69) is 10.3 Å². The summed E-state index contributed by atoms with van der Waals surface area (Å²) < 4.78 is 39.7. The number of amides is 1. The maximum absolute atomic E-state index is 12.7. The average Bonchev–Trinajstić information content (AvgIpc) is 2.62. The van der Waals surface area contributed by atoms with Gasteiger partial charge in [-0.15, -0.1) is 0 Å². The lowest BCUT2D eigenvalue weighted by Gasteiger charge is -2.09. The first-order valence-electron chi connectivity index (χ1n) is 7.89.